The van der Waals surface area contributed by atoms with Crippen molar-refractivity contribution < 1.29 is 14.0 Å². The van der Waals surface area contributed by atoms with Crippen LogP contribution in [0.5, 0.6) is 0 Å². The predicted octanol–water partition coefficient (Wildman–Crippen LogP) is 5.36. The normalized spacial score (nSPS) is 10.5. The molecule has 0 spiro atoms. The van der Waals surface area contributed by atoms with E-state index in [4.69, 9.17) is 0 Å². The summed E-state index contributed by atoms with van der Waals surface area (Å²) in [6.07, 6.45) is 0.702. The third-order valence-electron chi connectivity index (χ3n) is 4.68. The highest BCUT2D eigenvalue weighted by atomic mass is 32.1. The summed E-state index contributed by atoms with van der Waals surface area (Å²) in [5.74, 6) is -0.569. The van der Waals surface area contributed by atoms with E-state index in [1.54, 1.807) is 22.3 Å². The molecule has 1 heterocycles. The predicted molar refractivity (Wildman–Crippen MR) is 122 cm³/mol. The Labute approximate surface area is 186 Å². The Morgan fingerprint density at radius 3 is 2.45 bits per heavy atom. The molecule has 0 aliphatic heterocycles. The number of urea groups is 1. The Kier molecular flexibility index (Phi) is 8.18. The minimum atomic E-state index is -0.430. The van der Waals surface area contributed by atoms with Crippen molar-refractivity contribution in [3.63, 3.8) is 0 Å². The monoisotopic (exact) mass is 439 g/mol. The van der Waals surface area contributed by atoms with E-state index in [0.29, 0.717) is 31.7 Å². The van der Waals surface area contributed by atoms with Gasteiger partial charge in [-0.2, -0.15) is 0 Å². The van der Waals surface area contributed by atoms with Gasteiger partial charge in [0.25, 0.3) is 0 Å². The number of amides is 3. The van der Waals surface area contributed by atoms with Gasteiger partial charge < -0.3 is 15.1 Å². The first-order valence-electron chi connectivity index (χ1n) is 10.2. The van der Waals surface area contributed by atoms with E-state index >= 15 is 0 Å². The van der Waals surface area contributed by atoms with Crippen LogP contribution in [0, 0.1) is 5.82 Å². The Morgan fingerprint density at radius 1 is 0.968 bits per heavy atom. The molecule has 3 amide bonds. The third-order valence-corrected chi connectivity index (χ3v) is 5.54. The Bertz CT molecular complexity index is 980. The minimum Gasteiger partial charge on any atom is -0.332 e. The molecule has 0 saturated carbocycles. The molecular weight excluding hydrogens is 413 g/mol. The molecule has 3 rings (SSSR count). The van der Waals surface area contributed by atoms with Crippen LogP contribution in [-0.2, 0) is 17.9 Å². The lowest BCUT2D eigenvalue weighted by Gasteiger charge is -2.27. The number of hydrogen-bond donors (Lipinski definition) is 1. The number of rotatable bonds is 9. The molecule has 0 aliphatic rings. The van der Waals surface area contributed by atoms with Gasteiger partial charge in [0.05, 0.1) is 6.54 Å². The van der Waals surface area contributed by atoms with Gasteiger partial charge in [-0.25, -0.2) is 9.18 Å². The molecule has 0 atom stereocenters. The average molecular weight is 440 g/mol. The third kappa shape index (κ3) is 6.93. The van der Waals surface area contributed by atoms with Gasteiger partial charge >= 0.3 is 6.03 Å². The zero-order valence-corrected chi connectivity index (χ0v) is 18.3. The zero-order valence-electron chi connectivity index (χ0n) is 17.5. The van der Waals surface area contributed by atoms with Crippen LogP contribution in [0.4, 0.5) is 14.9 Å². The zero-order chi connectivity index (χ0) is 22.1. The van der Waals surface area contributed by atoms with Crippen molar-refractivity contribution in [1.29, 1.82) is 0 Å². The molecule has 0 saturated heterocycles. The smallest absolute Gasteiger partial charge is 0.322 e. The Morgan fingerprint density at radius 2 is 1.77 bits per heavy atom. The number of carbonyl (C=O) groups is 2. The Balaban J connectivity index is 1.72. The summed E-state index contributed by atoms with van der Waals surface area (Å²) in [7, 11) is 0. The van der Waals surface area contributed by atoms with E-state index in [1.807, 2.05) is 54.8 Å². The maximum atomic E-state index is 13.4. The van der Waals surface area contributed by atoms with E-state index in [2.05, 4.69) is 5.32 Å². The molecule has 5 nitrogen and oxygen atoms in total. The van der Waals surface area contributed by atoms with E-state index in [9.17, 15) is 14.0 Å². The number of anilines is 1. The molecule has 1 N–H and O–H groups in total. The summed E-state index contributed by atoms with van der Waals surface area (Å²) in [6, 6.07) is 19.0. The van der Waals surface area contributed by atoms with Crippen molar-refractivity contribution in [2.45, 2.75) is 26.4 Å². The van der Waals surface area contributed by atoms with Gasteiger partial charge in [-0.05, 0) is 41.6 Å². The van der Waals surface area contributed by atoms with Crippen molar-refractivity contribution in [3.8, 4) is 0 Å². The largest absolute Gasteiger partial charge is 0.332 e. The van der Waals surface area contributed by atoms with Crippen LogP contribution in [0.15, 0.2) is 72.1 Å². The van der Waals surface area contributed by atoms with Gasteiger partial charge in [-0.15, -0.1) is 11.3 Å². The first-order valence-corrected chi connectivity index (χ1v) is 11.1. The van der Waals surface area contributed by atoms with Crippen molar-refractivity contribution in [1.82, 2.24) is 9.80 Å². The van der Waals surface area contributed by atoms with E-state index < -0.39 is 11.8 Å². The van der Waals surface area contributed by atoms with Crippen molar-refractivity contribution in [3.05, 3.63) is 88.4 Å². The van der Waals surface area contributed by atoms with Gasteiger partial charge in [0, 0.05) is 23.7 Å². The second-order valence-electron chi connectivity index (χ2n) is 7.18. The van der Waals surface area contributed by atoms with E-state index in [1.165, 1.54) is 23.1 Å². The Hall–Kier alpha value is -3.19. The topological polar surface area (TPSA) is 52.7 Å². The lowest BCUT2D eigenvalue weighted by Crippen LogP contribution is -2.44. The summed E-state index contributed by atoms with van der Waals surface area (Å²) < 4.78 is 13.4. The number of thiophene rings is 1. The summed E-state index contributed by atoms with van der Waals surface area (Å²) >= 11 is 1.60. The second-order valence-corrected chi connectivity index (χ2v) is 8.21. The number of hydrogen-bond acceptors (Lipinski definition) is 3. The minimum absolute atomic E-state index is 0.0484. The highest BCUT2D eigenvalue weighted by molar-refractivity contribution is 7.09. The lowest BCUT2D eigenvalue weighted by molar-refractivity contribution is -0.133. The lowest BCUT2D eigenvalue weighted by atomic mass is 10.2. The van der Waals surface area contributed by atoms with Crippen LogP contribution >= 0.6 is 11.3 Å². The number of halogens is 1. The van der Waals surface area contributed by atoms with Gasteiger partial charge in [-0.1, -0.05) is 49.4 Å². The fourth-order valence-electron chi connectivity index (χ4n) is 3.18. The second kappa shape index (κ2) is 11.3. The molecular formula is C24H26FN3O2S. The van der Waals surface area contributed by atoms with Gasteiger partial charge in [0.15, 0.2) is 0 Å². The van der Waals surface area contributed by atoms with Crippen LogP contribution in [0.2, 0.25) is 0 Å². The number of nitrogens with one attached hydrogen (secondary N) is 1. The molecule has 31 heavy (non-hydrogen) atoms. The molecule has 1 aromatic heterocycles. The molecule has 0 aliphatic carbocycles. The molecule has 0 fully saturated rings. The molecule has 7 heteroatoms. The average Bonchev–Trinajstić information content (AvgIpc) is 3.27. The standard InChI is InChI=1S/C24H26FN3O2S/c1-2-13-27(24(30)26-21-11-6-10-20(25)15-21)18-23(29)28(17-22-12-7-14-31-22)16-19-8-4-3-5-9-19/h3-12,14-15H,2,13,16-18H2,1H3,(H,26,30). The number of carbonyl (C=O) groups excluding carboxylic acids is 2. The highest BCUT2D eigenvalue weighted by Gasteiger charge is 2.22. The number of benzene rings is 2. The van der Waals surface area contributed by atoms with E-state index in [0.717, 1.165) is 10.4 Å². The quantitative estimate of drug-likeness (QED) is 0.488. The molecule has 0 unspecified atom stereocenters. The van der Waals surface area contributed by atoms with Gasteiger partial charge in [0.1, 0.15) is 12.4 Å². The van der Waals surface area contributed by atoms with Crippen LogP contribution in [0.3, 0.4) is 0 Å². The fraction of sp³-hybridized carbons (Fsp3) is 0.250. The molecule has 0 bridgehead atoms. The number of nitrogens with zero attached hydrogens (tertiary/aromatic N) is 2. The van der Waals surface area contributed by atoms with Crippen LogP contribution in [0.25, 0.3) is 0 Å². The van der Waals surface area contributed by atoms with Crippen molar-refractivity contribution >= 4 is 29.0 Å². The first kappa shape index (κ1) is 22.5. The maximum absolute atomic E-state index is 13.4. The summed E-state index contributed by atoms with van der Waals surface area (Å²) in [5, 5.41) is 4.67. The molecule has 162 valence electrons. The molecule has 2 aromatic carbocycles. The first-order chi connectivity index (χ1) is 15.0. The van der Waals surface area contributed by atoms with Crippen LogP contribution < -0.4 is 5.32 Å². The van der Waals surface area contributed by atoms with Crippen molar-refractivity contribution in [2.75, 3.05) is 18.4 Å². The molecule has 0 radical (unpaired) electrons. The summed E-state index contributed by atoms with van der Waals surface area (Å²) in [6.45, 7) is 3.26. The van der Waals surface area contributed by atoms with Crippen LogP contribution in [0.1, 0.15) is 23.8 Å². The maximum Gasteiger partial charge on any atom is 0.322 e. The van der Waals surface area contributed by atoms with Crippen molar-refractivity contribution in [2.24, 2.45) is 0 Å². The van der Waals surface area contributed by atoms with Gasteiger partial charge in [-0.3, -0.25) is 4.79 Å². The van der Waals surface area contributed by atoms with Crippen LogP contribution in [-0.4, -0.2) is 34.8 Å². The summed E-state index contributed by atoms with van der Waals surface area (Å²) in [5.41, 5.74) is 1.39. The SMILES string of the molecule is CCCN(CC(=O)N(Cc1ccccc1)Cc1cccs1)C(=O)Nc1cccc(F)c1. The fourth-order valence-corrected chi connectivity index (χ4v) is 3.90. The molecule has 3 aromatic rings. The van der Waals surface area contributed by atoms with E-state index in [-0.39, 0.29) is 12.5 Å². The highest BCUT2D eigenvalue weighted by Crippen LogP contribution is 2.16. The summed E-state index contributed by atoms with van der Waals surface area (Å²) in [4.78, 5) is 30.3. The van der Waals surface area contributed by atoms with Gasteiger partial charge in [0.2, 0.25) is 5.91 Å².